The van der Waals surface area contributed by atoms with Crippen molar-refractivity contribution < 1.29 is 18.1 Å². The fraction of sp³-hybridized carbons (Fsp3) is 0.125. The summed E-state index contributed by atoms with van der Waals surface area (Å²) in [6, 6.07) is 6.31. The van der Waals surface area contributed by atoms with Crippen LogP contribution in [0.25, 0.3) is 0 Å². The van der Waals surface area contributed by atoms with E-state index < -0.39 is 17.4 Å². The summed E-state index contributed by atoms with van der Waals surface area (Å²) in [5.74, 6) is -5.78. The molecule has 1 aromatic rings. The highest BCUT2D eigenvalue weighted by Crippen LogP contribution is 2.27. The molecule has 1 aromatic carbocycles. The summed E-state index contributed by atoms with van der Waals surface area (Å²) in [7, 11) is 0. The molecule has 2 nitrogen and oxygen atoms in total. The molecule has 0 fully saturated rings. The second kappa shape index (κ2) is 3.47. The zero-order valence-corrected chi connectivity index (χ0v) is 6.43. The van der Waals surface area contributed by atoms with E-state index >= 15 is 0 Å². The van der Waals surface area contributed by atoms with Crippen molar-refractivity contribution >= 4 is 5.91 Å². The van der Waals surface area contributed by atoms with Crippen LogP contribution < -0.4 is 5.54 Å². The normalized spacial score (nSPS) is 11.0. The van der Waals surface area contributed by atoms with E-state index in [2.05, 4.69) is 0 Å². The van der Waals surface area contributed by atoms with Crippen LogP contribution in [0.1, 0.15) is 5.56 Å². The molecule has 0 aliphatic heterocycles. The number of carbonyl (C=O) groups is 1. The first-order valence-electron chi connectivity index (χ1n) is 3.43. The first kappa shape index (κ1) is 9.57. The molecule has 0 aliphatic rings. The fourth-order valence-electron chi connectivity index (χ4n) is 0.838. The lowest BCUT2D eigenvalue weighted by Gasteiger charge is -2.12. The number of halogens is 3. The number of benzene rings is 1. The summed E-state index contributed by atoms with van der Waals surface area (Å²) in [5, 5.41) is 0. The Kier molecular flexibility index (Phi) is 2.55. The van der Waals surface area contributed by atoms with Gasteiger partial charge in [-0.2, -0.15) is 14.3 Å². The Hall–Kier alpha value is -1.52. The highest BCUT2D eigenvalue weighted by molar-refractivity contribution is 5.83. The fourth-order valence-corrected chi connectivity index (χ4v) is 0.838. The van der Waals surface area contributed by atoms with Gasteiger partial charge in [-0.05, 0) is 0 Å². The molecule has 0 heterocycles. The minimum Gasteiger partial charge on any atom is -0.265 e. The maximum absolute atomic E-state index is 12.9. The molecule has 1 amide bonds. The number of amides is 1. The van der Waals surface area contributed by atoms with E-state index in [0.29, 0.717) is 5.54 Å². The van der Waals surface area contributed by atoms with Crippen molar-refractivity contribution in [2.45, 2.75) is 5.92 Å². The van der Waals surface area contributed by atoms with E-state index in [1.807, 2.05) is 0 Å². The summed E-state index contributed by atoms with van der Waals surface area (Å²) in [4.78, 5) is 10.4. The molecular formula is C8H6F3NO. The van der Waals surface area contributed by atoms with Gasteiger partial charge < -0.3 is 0 Å². The Morgan fingerprint density at radius 1 is 1.23 bits per heavy atom. The van der Waals surface area contributed by atoms with Gasteiger partial charge in [0, 0.05) is 5.56 Å². The molecule has 70 valence electrons. The summed E-state index contributed by atoms with van der Waals surface area (Å²) in [6.07, 6.45) is 0. The maximum Gasteiger partial charge on any atom is 0.352 e. The molecule has 0 spiro atoms. The molecule has 0 aromatic heterocycles. The van der Waals surface area contributed by atoms with Crippen molar-refractivity contribution in [2.75, 3.05) is 0 Å². The molecular weight excluding hydrogens is 183 g/mol. The number of rotatable bonds is 2. The molecule has 0 saturated heterocycles. The summed E-state index contributed by atoms with van der Waals surface area (Å²) in [5.41, 5.74) is -0.122. The monoisotopic (exact) mass is 189 g/mol. The Morgan fingerprint density at radius 3 is 2.23 bits per heavy atom. The predicted molar refractivity (Wildman–Crippen MR) is 39.6 cm³/mol. The maximum atomic E-state index is 12.9. The second-order valence-corrected chi connectivity index (χ2v) is 2.36. The minimum absolute atomic E-state index is 0.415. The van der Waals surface area contributed by atoms with Gasteiger partial charge in [0.05, 0.1) is 0 Å². The SMILES string of the molecule is O=C(NF)C(F)(F)c1ccccc1. The molecule has 13 heavy (non-hydrogen) atoms. The molecule has 0 saturated carbocycles. The van der Waals surface area contributed by atoms with Gasteiger partial charge in [0.25, 0.3) is 0 Å². The molecule has 5 heteroatoms. The van der Waals surface area contributed by atoms with Crippen LogP contribution in [0, 0.1) is 0 Å². The second-order valence-electron chi connectivity index (χ2n) is 2.36. The average molecular weight is 189 g/mol. The molecule has 0 atom stereocenters. The van der Waals surface area contributed by atoms with E-state index in [0.717, 1.165) is 12.1 Å². The third-order valence-electron chi connectivity index (χ3n) is 1.51. The van der Waals surface area contributed by atoms with Gasteiger partial charge in [0.1, 0.15) is 0 Å². The number of carbonyl (C=O) groups excluding carboxylic acids is 1. The van der Waals surface area contributed by atoms with Crippen LogP contribution in [-0.2, 0) is 10.7 Å². The lowest BCUT2D eigenvalue weighted by Crippen LogP contribution is -2.33. The number of hydrogen-bond acceptors (Lipinski definition) is 1. The van der Waals surface area contributed by atoms with E-state index in [1.54, 1.807) is 0 Å². The van der Waals surface area contributed by atoms with Crippen molar-refractivity contribution in [3.8, 4) is 0 Å². The highest BCUT2D eigenvalue weighted by Gasteiger charge is 2.40. The topological polar surface area (TPSA) is 29.1 Å². The van der Waals surface area contributed by atoms with Crippen LogP contribution in [0.3, 0.4) is 0 Å². The zero-order chi connectivity index (χ0) is 9.90. The van der Waals surface area contributed by atoms with Gasteiger partial charge in [0.15, 0.2) is 0 Å². The number of hydrogen-bond donors (Lipinski definition) is 1. The highest BCUT2D eigenvalue weighted by atomic mass is 19.3. The first-order chi connectivity index (χ1) is 6.09. The van der Waals surface area contributed by atoms with Crippen LogP contribution in [0.15, 0.2) is 30.3 Å². The van der Waals surface area contributed by atoms with E-state index in [-0.39, 0.29) is 0 Å². The Labute approximate surface area is 72.3 Å². The lowest BCUT2D eigenvalue weighted by molar-refractivity contribution is -0.151. The summed E-state index contributed by atoms with van der Waals surface area (Å²) < 4.78 is 37.3. The zero-order valence-electron chi connectivity index (χ0n) is 6.43. The van der Waals surface area contributed by atoms with Crippen molar-refractivity contribution in [3.05, 3.63) is 35.9 Å². The van der Waals surface area contributed by atoms with Crippen LogP contribution >= 0.6 is 0 Å². The summed E-state index contributed by atoms with van der Waals surface area (Å²) in [6.45, 7) is 0. The Bertz CT molecular complexity index is 300. The first-order valence-corrected chi connectivity index (χ1v) is 3.43. The third-order valence-corrected chi connectivity index (χ3v) is 1.51. The minimum atomic E-state index is -3.82. The van der Waals surface area contributed by atoms with Gasteiger partial charge in [-0.1, -0.05) is 30.3 Å². The standard InChI is InChI=1S/C8H6F3NO/c9-8(10,7(13)12-11)6-4-2-1-3-5-6/h1-5H,(H,12,13). The molecule has 0 unspecified atom stereocenters. The quantitative estimate of drug-likeness (QED) is 0.706. The van der Waals surface area contributed by atoms with E-state index in [1.165, 1.54) is 18.2 Å². The van der Waals surface area contributed by atoms with Crippen molar-refractivity contribution in [2.24, 2.45) is 0 Å². The number of alkyl halides is 2. The average Bonchev–Trinajstić information content (AvgIpc) is 2.18. The van der Waals surface area contributed by atoms with E-state index in [4.69, 9.17) is 0 Å². The molecule has 0 radical (unpaired) electrons. The van der Waals surface area contributed by atoms with Crippen molar-refractivity contribution in [1.29, 1.82) is 0 Å². The Balaban J connectivity index is 3.00. The number of nitrogens with one attached hydrogen (secondary N) is 1. The lowest BCUT2D eigenvalue weighted by atomic mass is 10.1. The van der Waals surface area contributed by atoms with E-state index in [9.17, 15) is 18.1 Å². The largest absolute Gasteiger partial charge is 0.352 e. The van der Waals surface area contributed by atoms with Crippen LogP contribution in [0.2, 0.25) is 0 Å². The van der Waals surface area contributed by atoms with Crippen molar-refractivity contribution in [3.63, 3.8) is 0 Å². The van der Waals surface area contributed by atoms with Gasteiger partial charge in [-0.25, -0.2) is 0 Å². The smallest absolute Gasteiger partial charge is 0.265 e. The Morgan fingerprint density at radius 2 is 1.77 bits per heavy atom. The van der Waals surface area contributed by atoms with Crippen LogP contribution in [0.5, 0.6) is 0 Å². The van der Waals surface area contributed by atoms with Gasteiger partial charge in [-0.15, -0.1) is 4.48 Å². The van der Waals surface area contributed by atoms with Gasteiger partial charge in [-0.3, -0.25) is 4.79 Å². The third kappa shape index (κ3) is 1.80. The van der Waals surface area contributed by atoms with Crippen LogP contribution in [0.4, 0.5) is 13.3 Å². The van der Waals surface area contributed by atoms with Crippen LogP contribution in [-0.4, -0.2) is 5.91 Å². The molecule has 0 bridgehead atoms. The molecule has 1 rings (SSSR count). The predicted octanol–water partition coefficient (Wildman–Crippen LogP) is 1.78. The van der Waals surface area contributed by atoms with Crippen molar-refractivity contribution in [1.82, 2.24) is 5.54 Å². The summed E-state index contributed by atoms with van der Waals surface area (Å²) >= 11 is 0. The van der Waals surface area contributed by atoms with Gasteiger partial charge >= 0.3 is 11.8 Å². The van der Waals surface area contributed by atoms with Gasteiger partial charge in [0.2, 0.25) is 0 Å². The molecule has 0 aliphatic carbocycles. The molecule has 1 N–H and O–H groups in total.